The molecular weight excluding hydrogens is 340 g/mol. The second kappa shape index (κ2) is 10.5. The Kier molecular flexibility index (Phi) is 9.03. The van der Waals surface area contributed by atoms with Crippen LogP contribution in [0, 0.1) is 0 Å². The summed E-state index contributed by atoms with van der Waals surface area (Å²) in [6.45, 7) is 13.5. The van der Waals surface area contributed by atoms with Crippen molar-refractivity contribution in [3.8, 4) is 0 Å². The minimum Gasteiger partial charge on any atom is -0.463 e. The Balaban J connectivity index is 2.78. The zero-order chi connectivity index (χ0) is 19.6. The van der Waals surface area contributed by atoms with E-state index in [1.54, 1.807) is 0 Å². The van der Waals surface area contributed by atoms with Gasteiger partial charge < -0.3 is 9.16 Å². The van der Waals surface area contributed by atoms with Gasteiger partial charge in [0.15, 0.2) is 8.32 Å². The summed E-state index contributed by atoms with van der Waals surface area (Å²) in [4.78, 5) is 11.4. The zero-order valence-corrected chi connectivity index (χ0v) is 18.1. The quantitative estimate of drug-likeness (QED) is 0.302. The second-order valence-electron chi connectivity index (χ2n) is 7.92. The SMILES string of the molecule is CCOC(=O)/C=C/CC[C@H](/C=C/c1ccccc1)O[Si](C)(C)C(C)(C)C. The smallest absolute Gasteiger partial charge is 0.330 e. The molecule has 0 amide bonds. The molecule has 3 nitrogen and oxygen atoms in total. The van der Waals surface area contributed by atoms with Gasteiger partial charge in [-0.2, -0.15) is 0 Å². The summed E-state index contributed by atoms with van der Waals surface area (Å²) >= 11 is 0. The average Bonchev–Trinajstić information content (AvgIpc) is 2.56. The number of allylic oxidation sites excluding steroid dienone is 1. The molecule has 0 saturated heterocycles. The van der Waals surface area contributed by atoms with Crippen LogP contribution in [0.15, 0.2) is 48.6 Å². The third-order valence-corrected chi connectivity index (χ3v) is 9.22. The van der Waals surface area contributed by atoms with Crippen LogP contribution in [0.1, 0.15) is 46.1 Å². The van der Waals surface area contributed by atoms with Gasteiger partial charge in [-0.1, -0.05) is 69.3 Å². The zero-order valence-electron chi connectivity index (χ0n) is 17.1. The maximum absolute atomic E-state index is 11.4. The summed E-state index contributed by atoms with van der Waals surface area (Å²) in [5.41, 5.74) is 1.17. The van der Waals surface area contributed by atoms with E-state index in [9.17, 15) is 4.79 Å². The number of ether oxygens (including phenoxy) is 1. The Morgan fingerprint density at radius 1 is 1.19 bits per heavy atom. The van der Waals surface area contributed by atoms with Crippen molar-refractivity contribution in [2.24, 2.45) is 0 Å². The van der Waals surface area contributed by atoms with E-state index >= 15 is 0 Å². The highest BCUT2D eigenvalue weighted by Gasteiger charge is 2.38. The van der Waals surface area contributed by atoms with Gasteiger partial charge in [-0.25, -0.2) is 4.79 Å². The van der Waals surface area contributed by atoms with E-state index in [0.29, 0.717) is 6.61 Å². The lowest BCUT2D eigenvalue weighted by Crippen LogP contribution is -2.43. The van der Waals surface area contributed by atoms with Crippen molar-refractivity contribution in [1.82, 2.24) is 0 Å². The molecule has 0 bridgehead atoms. The molecule has 1 aromatic rings. The summed E-state index contributed by atoms with van der Waals surface area (Å²) < 4.78 is 11.5. The van der Waals surface area contributed by atoms with E-state index in [2.05, 4.69) is 58.2 Å². The van der Waals surface area contributed by atoms with Gasteiger partial charge in [0.1, 0.15) is 0 Å². The molecule has 1 atom stereocenters. The van der Waals surface area contributed by atoms with E-state index in [-0.39, 0.29) is 17.1 Å². The van der Waals surface area contributed by atoms with Crippen LogP contribution >= 0.6 is 0 Å². The molecule has 4 heteroatoms. The van der Waals surface area contributed by atoms with Crippen molar-refractivity contribution in [1.29, 1.82) is 0 Å². The summed E-state index contributed by atoms with van der Waals surface area (Å²) in [6.07, 6.45) is 9.29. The van der Waals surface area contributed by atoms with Crippen LogP contribution in [-0.4, -0.2) is 27.0 Å². The Hall–Kier alpha value is -1.65. The number of hydrogen-bond acceptors (Lipinski definition) is 3. The minimum atomic E-state index is -1.87. The van der Waals surface area contributed by atoms with Gasteiger partial charge in [0.2, 0.25) is 0 Å². The van der Waals surface area contributed by atoms with Gasteiger partial charge in [0.05, 0.1) is 12.7 Å². The summed E-state index contributed by atoms with van der Waals surface area (Å²) in [7, 11) is -1.87. The molecule has 0 aliphatic carbocycles. The van der Waals surface area contributed by atoms with Crippen molar-refractivity contribution in [2.45, 2.75) is 64.8 Å². The molecule has 1 aromatic carbocycles. The predicted molar refractivity (Wildman–Crippen MR) is 113 cm³/mol. The molecule has 0 aromatic heterocycles. The lowest BCUT2D eigenvalue weighted by atomic mass is 10.1. The molecule has 1 rings (SSSR count). The number of esters is 1. The molecule has 0 N–H and O–H groups in total. The van der Waals surface area contributed by atoms with Crippen molar-refractivity contribution in [3.63, 3.8) is 0 Å². The molecule has 26 heavy (non-hydrogen) atoms. The Morgan fingerprint density at radius 3 is 2.42 bits per heavy atom. The van der Waals surface area contributed by atoms with Crippen LogP contribution in [0.3, 0.4) is 0 Å². The fourth-order valence-electron chi connectivity index (χ4n) is 2.16. The Labute approximate surface area is 160 Å². The van der Waals surface area contributed by atoms with Gasteiger partial charge in [0, 0.05) is 6.08 Å². The average molecular weight is 375 g/mol. The van der Waals surface area contributed by atoms with Gasteiger partial charge in [-0.15, -0.1) is 0 Å². The predicted octanol–water partition coefficient (Wildman–Crippen LogP) is 5.99. The maximum Gasteiger partial charge on any atom is 0.330 e. The highest BCUT2D eigenvalue weighted by atomic mass is 28.4. The summed E-state index contributed by atoms with van der Waals surface area (Å²) in [5, 5.41) is 0.159. The third-order valence-electron chi connectivity index (χ3n) is 4.71. The number of benzene rings is 1. The summed E-state index contributed by atoms with van der Waals surface area (Å²) in [6, 6.07) is 10.2. The van der Waals surface area contributed by atoms with E-state index in [1.807, 2.05) is 31.2 Å². The topological polar surface area (TPSA) is 35.5 Å². The molecule has 144 valence electrons. The van der Waals surface area contributed by atoms with Crippen LogP contribution in [0.5, 0.6) is 0 Å². The maximum atomic E-state index is 11.4. The molecule has 0 fully saturated rings. The molecule has 0 spiro atoms. The first-order valence-electron chi connectivity index (χ1n) is 9.40. The lowest BCUT2D eigenvalue weighted by molar-refractivity contribution is -0.137. The molecule has 0 aliphatic heterocycles. The van der Waals surface area contributed by atoms with Gasteiger partial charge in [0.25, 0.3) is 0 Å². The van der Waals surface area contributed by atoms with Crippen LogP contribution in [-0.2, 0) is 14.0 Å². The van der Waals surface area contributed by atoms with Crippen LogP contribution < -0.4 is 0 Å². The third kappa shape index (κ3) is 8.15. The summed E-state index contributed by atoms with van der Waals surface area (Å²) in [5.74, 6) is -0.283. The standard InChI is InChI=1S/C22H34O3Si/c1-7-24-21(23)16-12-11-15-20(25-26(5,6)22(2,3)4)18-17-19-13-9-8-10-14-19/h8-10,12-14,16-18,20H,7,11,15H2,1-6H3/b16-12+,18-17+/t20-/m1/s1. The largest absolute Gasteiger partial charge is 0.463 e. The fraction of sp³-hybridized carbons (Fsp3) is 0.500. The highest BCUT2D eigenvalue weighted by molar-refractivity contribution is 6.74. The van der Waals surface area contributed by atoms with E-state index in [1.165, 1.54) is 11.6 Å². The first-order chi connectivity index (χ1) is 12.2. The number of carbonyl (C=O) groups excluding carboxylic acids is 1. The first-order valence-corrected chi connectivity index (χ1v) is 12.3. The van der Waals surface area contributed by atoms with E-state index in [0.717, 1.165) is 12.8 Å². The van der Waals surface area contributed by atoms with Crippen molar-refractivity contribution < 1.29 is 14.0 Å². The number of carbonyl (C=O) groups is 1. The monoisotopic (exact) mass is 374 g/mol. The van der Waals surface area contributed by atoms with Crippen LogP contribution in [0.4, 0.5) is 0 Å². The van der Waals surface area contributed by atoms with Crippen molar-refractivity contribution in [2.75, 3.05) is 6.61 Å². The van der Waals surface area contributed by atoms with E-state index in [4.69, 9.17) is 9.16 Å². The van der Waals surface area contributed by atoms with Crippen LogP contribution in [0.2, 0.25) is 18.1 Å². The van der Waals surface area contributed by atoms with Gasteiger partial charge in [-0.3, -0.25) is 0 Å². The van der Waals surface area contributed by atoms with Crippen molar-refractivity contribution in [3.05, 3.63) is 54.1 Å². The molecule has 0 aliphatic rings. The second-order valence-corrected chi connectivity index (χ2v) is 12.7. The van der Waals surface area contributed by atoms with E-state index < -0.39 is 8.32 Å². The molecule has 0 saturated carbocycles. The molecular formula is C22H34O3Si. The molecule has 0 unspecified atom stereocenters. The number of hydrogen-bond donors (Lipinski definition) is 0. The molecule has 0 radical (unpaired) electrons. The Morgan fingerprint density at radius 2 is 1.85 bits per heavy atom. The number of rotatable bonds is 9. The fourth-order valence-corrected chi connectivity index (χ4v) is 3.47. The minimum absolute atomic E-state index is 0.0305. The Bertz CT molecular complexity index is 598. The van der Waals surface area contributed by atoms with Gasteiger partial charge >= 0.3 is 5.97 Å². The normalized spacial score (nSPS) is 14.1. The first kappa shape index (κ1) is 22.4. The van der Waals surface area contributed by atoms with Crippen LogP contribution in [0.25, 0.3) is 6.08 Å². The van der Waals surface area contributed by atoms with Crippen molar-refractivity contribution >= 4 is 20.4 Å². The molecule has 0 heterocycles. The van der Waals surface area contributed by atoms with Gasteiger partial charge in [-0.05, 0) is 43.5 Å². The lowest BCUT2D eigenvalue weighted by Gasteiger charge is -2.38. The highest BCUT2D eigenvalue weighted by Crippen LogP contribution is 2.38.